The predicted molar refractivity (Wildman–Crippen MR) is 85.6 cm³/mol. The molecule has 1 saturated carbocycles. The average Bonchev–Trinajstić information content (AvgIpc) is 2.35. The van der Waals surface area contributed by atoms with Crippen LogP contribution in [0.25, 0.3) is 0 Å². The van der Waals surface area contributed by atoms with Crippen LogP contribution in [0.2, 0.25) is 0 Å². The molecule has 0 bridgehead atoms. The van der Waals surface area contributed by atoms with Crippen molar-refractivity contribution in [3.63, 3.8) is 0 Å². The van der Waals surface area contributed by atoms with Crippen molar-refractivity contribution in [3.05, 3.63) is 0 Å². The second kappa shape index (κ2) is 8.26. The molecule has 0 aromatic rings. The lowest BCUT2D eigenvalue weighted by atomic mass is 9.69. The number of rotatable bonds is 8. The van der Waals surface area contributed by atoms with Crippen LogP contribution < -0.4 is 5.32 Å². The van der Waals surface area contributed by atoms with Crippen molar-refractivity contribution in [1.29, 1.82) is 0 Å². The lowest BCUT2D eigenvalue weighted by Gasteiger charge is -2.44. The number of hydrogen-bond donors (Lipinski definition) is 1. The van der Waals surface area contributed by atoms with Crippen LogP contribution in [0, 0.1) is 17.3 Å². The van der Waals surface area contributed by atoms with Crippen LogP contribution in [0.4, 0.5) is 0 Å². The summed E-state index contributed by atoms with van der Waals surface area (Å²) < 4.78 is 0. The van der Waals surface area contributed by atoms with Crippen LogP contribution in [0.5, 0.6) is 0 Å². The Balaban J connectivity index is 2.66. The molecule has 1 rings (SSSR count). The standard InChI is InChI=1S/C17H36N2/c1-6-18-13-17(10-8-9-16(5)11-17)14-19(7-2)12-15(3)4/h15-16,18H,6-14H2,1-5H3. The first-order valence-corrected chi connectivity index (χ1v) is 8.44. The fraction of sp³-hybridized carbons (Fsp3) is 1.00. The van der Waals surface area contributed by atoms with E-state index < -0.39 is 0 Å². The monoisotopic (exact) mass is 268 g/mol. The molecule has 2 heteroatoms. The maximum absolute atomic E-state index is 3.64. The summed E-state index contributed by atoms with van der Waals surface area (Å²) in [6.07, 6.45) is 5.68. The fourth-order valence-electron chi connectivity index (χ4n) is 3.82. The highest BCUT2D eigenvalue weighted by atomic mass is 15.1. The normalized spacial score (nSPS) is 28.3. The molecule has 1 aliphatic carbocycles. The molecule has 114 valence electrons. The van der Waals surface area contributed by atoms with Gasteiger partial charge in [-0.3, -0.25) is 0 Å². The Morgan fingerprint density at radius 2 is 2.05 bits per heavy atom. The minimum atomic E-state index is 0.526. The highest BCUT2D eigenvalue weighted by molar-refractivity contribution is 4.89. The maximum atomic E-state index is 3.64. The van der Waals surface area contributed by atoms with Gasteiger partial charge in [-0.15, -0.1) is 0 Å². The lowest BCUT2D eigenvalue weighted by molar-refractivity contribution is 0.0773. The van der Waals surface area contributed by atoms with Gasteiger partial charge in [-0.05, 0) is 43.2 Å². The van der Waals surface area contributed by atoms with Gasteiger partial charge in [0.05, 0.1) is 0 Å². The topological polar surface area (TPSA) is 15.3 Å². The lowest BCUT2D eigenvalue weighted by Crippen LogP contribution is -2.47. The molecule has 2 unspecified atom stereocenters. The summed E-state index contributed by atoms with van der Waals surface area (Å²) >= 11 is 0. The van der Waals surface area contributed by atoms with E-state index in [1.165, 1.54) is 51.9 Å². The van der Waals surface area contributed by atoms with E-state index in [2.05, 4.69) is 44.8 Å². The Morgan fingerprint density at radius 3 is 2.58 bits per heavy atom. The molecular formula is C17H36N2. The zero-order valence-electron chi connectivity index (χ0n) is 14.0. The van der Waals surface area contributed by atoms with Gasteiger partial charge in [-0.1, -0.05) is 47.5 Å². The van der Waals surface area contributed by atoms with Crippen molar-refractivity contribution in [2.45, 2.75) is 60.3 Å². The molecule has 1 fully saturated rings. The Kier molecular flexibility index (Phi) is 7.38. The van der Waals surface area contributed by atoms with Gasteiger partial charge in [0.15, 0.2) is 0 Å². The van der Waals surface area contributed by atoms with Crippen molar-refractivity contribution in [3.8, 4) is 0 Å². The van der Waals surface area contributed by atoms with Crippen molar-refractivity contribution >= 4 is 0 Å². The Labute approximate surface area is 121 Å². The molecular weight excluding hydrogens is 232 g/mol. The highest BCUT2D eigenvalue weighted by Crippen LogP contribution is 2.39. The van der Waals surface area contributed by atoms with E-state index in [0.717, 1.165) is 18.4 Å². The molecule has 0 aromatic heterocycles. The molecule has 19 heavy (non-hydrogen) atoms. The third kappa shape index (κ3) is 5.83. The molecule has 0 amide bonds. The van der Waals surface area contributed by atoms with E-state index in [1.807, 2.05) is 0 Å². The number of nitrogens with zero attached hydrogens (tertiary/aromatic N) is 1. The summed E-state index contributed by atoms with van der Waals surface area (Å²) in [5, 5.41) is 3.64. The van der Waals surface area contributed by atoms with Crippen molar-refractivity contribution in [2.24, 2.45) is 17.3 Å². The van der Waals surface area contributed by atoms with Crippen LogP contribution in [0.3, 0.4) is 0 Å². The molecule has 0 heterocycles. The maximum Gasteiger partial charge on any atom is 0.00502 e. The van der Waals surface area contributed by atoms with Crippen molar-refractivity contribution in [2.75, 3.05) is 32.7 Å². The molecule has 2 atom stereocenters. The molecule has 0 aromatic carbocycles. The van der Waals surface area contributed by atoms with Gasteiger partial charge in [-0.25, -0.2) is 0 Å². The average molecular weight is 268 g/mol. The van der Waals surface area contributed by atoms with Gasteiger partial charge in [0, 0.05) is 19.6 Å². The van der Waals surface area contributed by atoms with Gasteiger partial charge >= 0.3 is 0 Å². The van der Waals surface area contributed by atoms with Gasteiger partial charge in [0.1, 0.15) is 0 Å². The van der Waals surface area contributed by atoms with E-state index in [4.69, 9.17) is 0 Å². The van der Waals surface area contributed by atoms with Crippen LogP contribution in [-0.2, 0) is 0 Å². The molecule has 0 aliphatic heterocycles. The smallest absolute Gasteiger partial charge is 0.00502 e. The summed E-state index contributed by atoms with van der Waals surface area (Å²) in [6.45, 7) is 17.7. The van der Waals surface area contributed by atoms with Crippen molar-refractivity contribution in [1.82, 2.24) is 10.2 Å². The van der Waals surface area contributed by atoms with Gasteiger partial charge in [0.25, 0.3) is 0 Å². The third-order valence-electron chi connectivity index (χ3n) is 4.57. The van der Waals surface area contributed by atoms with Crippen LogP contribution >= 0.6 is 0 Å². The van der Waals surface area contributed by atoms with Crippen LogP contribution in [0.1, 0.15) is 60.3 Å². The van der Waals surface area contributed by atoms with E-state index >= 15 is 0 Å². The molecule has 0 saturated heterocycles. The summed E-state index contributed by atoms with van der Waals surface area (Å²) in [6, 6.07) is 0. The van der Waals surface area contributed by atoms with Gasteiger partial charge < -0.3 is 10.2 Å². The fourth-order valence-corrected chi connectivity index (χ4v) is 3.82. The SMILES string of the molecule is CCNCC1(CN(CC)CC(C)C)CCCC(C)C1. The van der Waals surface area contributed by atoms with Crippen LogP contribution in [-0.4, -0.2) is 37.6 Å². The summed E-state index contributed by atoms with van der Waals surface area (Å²) in [4.78, 5) is 2.68. The third-order valence-corrected chi connectivity index (χ3v) is 4.57. The first-order chi connectivity index (χ1) is 9.01. The van der Waals surface area contributed by atoms with Crippen LogP contribution in [0.15, 0.2) is 0 Å². The Morgan fingerprint density at radius 1 is 1.32 bits per heavy atom. The highest BCUT2D eigenvalue weighted by Gasteiger charge is 2.35. The molecule has 1 N–H and O–H groups in total. The largest absolute Gasteiger partial charge is 0.316 e. The Bertz CT molecular complexity index is 239. The Hall–Kier alpha value is -0.0800. The van der Waals surface area contributed by atoms with Gasteiger partial charge in [-0.2, -0.15) is 0 Å². The second-order valence-corrected chi connectivity index (χ2v) is 7.20. The minimum Gasteiger partial charge on any atom is -0.316 e. The van der Waals surface area contributed by atoms with E-state index in [-0.39, 0.29) is 0 Å². The van der Waals surface area contributed by atoms with E-state index in [0.29, 0.717) is 5.41 Å². The quantitative estimate of drug-likeness (QED) is 0.721. The van der Waals surface area contributed by atoms with E-state index in [1.54, 1.807) is 0 Å². The second-order valence-electron chi connectivity index (χ2n) is 7.20. The first kappa shape index (κ1) is 17.0. The minimum absolute atomic E-state index is 0.526. The molecule has 0 radical (unpaired) electrons. The first-order valence-electron chi connectivity index (χ1n) is 8.44. The molecule has 2 nitrogen and oxygen atoms in total. The van der Waals surface area contributed by atoms with E-state index in [9.17, 15) is 0 Å². The number of hydrogen-bond acceptors (Lipinski definition) is 2. The predicted octanol–water partition coefficient (Wildman–Crippen LogP) is 3.77. The molecule has 1 aliphatic rings. The van der Waals surface area contributed by atoms with Gasteiger partial charge in [0.2, 0.25) is 0 Å². The summed E-state index contributed by atoms with van der Waals surface area (Å²) in [5.74, 6) is 1.68. The zero-order valence-corrected chi connectivity index (χ0v) is 14.0. The zero-order chi connectivity index (χ0) is 14.3. The summed E-state index contributed by atoms with van der Waals surface area (Å²) in [5.41, 5.74) is 0.526. The summed E-state index contributed by atoms with van der Waals surface area (Å²) in [7, 11) is 0. The number of nitrogens with one attached hydrogen (secondary N) is 1. The van der Waals surface area contributed by atoms with Crippen molar-refractivity contribution < 1.29 is 0 Å². The molecule has 0 spiro atoms.